The second-order valence-electron chi connectivity index (χ2n) is 5.47. The zero-order chi connectivity index (χ0) is 15.9. The summed E-state index contributed by atoms with van der Waals surface area (Å²) >= 11 is 1.68. The molecule has 1 atom stereocenters. The fourth-order valence-corrected chi connectivity index (χ4v) is 3.06. The fourth-order valence-electron chi connectivity index (χ4n) is 2.13. The second kappa shape index (κ2) is 8.24. The van der Waals surface area contributed by atoms with Crippen LogP contribution >= 0.6 is 11.8 Å². The summed E-state index contributed by atoms with van der Waals surface area (Å²) in [7, 11) is 0. The standard InChI is InChI=1S/C15H24N6S/c1-5-6-21-10-17-20-14(21)8-16-13(4)9-22-15-18-11(2)7-12(3)19-15/h7,10,13,16H,5-6,8-9H2,1-4H3. The Hall–Kier alpha value is -1.47. The molecule has 1 N–H and O–H groups in total. The van der Waals surface area contributed by atoms with Crippen molar-refractivity contribution in [2.75, 3.05) is 5.75 Å². The van der Waals surface area contributed by atoms with Gasteiger partial charge in [0.1, 0.15) is 12.2 Å². The van der Waals surface area contributed by atoms with Gasteiger partial charge in [-0.3, -0.25) is 0 Å². The smallest absolute Gasteiger partial charge is 0.188 e. The molecule has 0 fully saturated rings. The molecule has 2 aromatic heterocycles. The molecule has 0 aliphatic carbocycles. The summed E-state index contributed by atoms with van der Waals surface area (Å²) in [6, 6.07) is 2.34. The van der Waals surface area contributed by atoms with E-state index in [1.807, 2.05) is 19.9 Å². The summed E-state index contributed by atoms with van der Waals surface area (Å²) in [5, 5.41) is 12.5. The van der Waals surface area contributed by atoms with Crippen LogP contribution < -0.4 is 5.32 Å². The van der Waals surface area contributed by atoms with Gasteiger partial charge in [-0.2, -0.15) is 0 Å². The van der Waals surface area contributed by atoms with Crippen LogP contribution in [-0.2, 0) is 13.1 Å². The van der Waals surface area contributed by atoms with Crippen molar-refractivity contribution in [3.63, 3.8) is 0 Å². The first kappa shape index (κ1) is 16.9. The molecule has 120 valence electrons. The van der Waals surface area contributed by atoms with Crippen molar-refractivity contribution < 1.29 is 0 Å². The molecule has 2 aromatic rings. The molecule has 2 heterocycles. The summed E-state index contributed by atoms with van der Waals surface area (Å²) in [6.07, 6.45) is 2.88. The predicted octanol–water partition coefficient (Wildman–Crippen LogP) is 2.37. The Morgan fingerprint density at radius 3 is 2.68 bits per heavy atom. The molecule has 0 aliphatic rings. The van der Waals surface area contributed by atoms with Gasteiger partial charge in [0.25, 0.3) is 0 Å². The topological polar surface area (TPSA) is 68.5 Å². The average Bonchev–Trinajstić information content (AvgIpc) is 2.90. The minimum absolute atomic E-state index is 0.348. The van der Waals surface area contributed by atoms with Gasteiger partial charge >= 0.3 is 0 Å². The van der Waals surface area contributed by atoms with Crippen LogP contribution in [0.4, 0.5) is 0 Å². The van der Waals surface area contributed by atoms with Crippen LogP contribution in [-0.4, -0.2) is 36.5 Å². The highest BCUT2D eigenvalue weighted by Gasteiger charge is 2.08. The number of aromatic nitrogens is 5. The van der Waals surface area contributed by atoms with E-state index in [1.165, 1.54) is 0 Å². The maximum absolute atomic E-state index is 4.45. The highest BCUT2D eigenvalue weighted by atomic mass is 32.2. The Labute approximate surface area is 136 Å². The van der Waals surface area contributed by atoms with Crippen molar-refractivity contribution in [3.8, 4) is 0 Å². The summed E-state index contributed by atoms with van der Waals surface area (Å²) in [6.45, 7) is 10.0. The Balaban J connectivity index is 1.80. The van der Waals surface area contributed by atoms with Gasteiger partial charge in [0.05, 0.1) is 6.54 Å². The molecule has 0 saturated carbocycles. The molecular weight excluding hydrogens is 296 g/mol. The van der Waals surface area contributed by atoms with E-state index in [2.05, 4.69) is 43.9 Å². The van der Waals surface area contributed by atoms with E-state index in [-0.39, 0.29) is 0 Å². The van der Waals surface area contributed by atoms with Crippen LogP contribution in [0.1, 0.15) is 37.5 Å². The van der Waals surface area contributed by atoms with Crippen LogP contribution in [0.25, 0.3) is 0 Å². The quantitative estimate of drug-likeness (QED) is 0.595. The first-order valence-electron chi connectivity index (χ1n) is 7.63. The van der Waals surface area contributed by atoms with Gasteiger partial charge in [-0.15, -0.1) is 10.2 Å². The molecule has 0 spiro atoms. The summed E-state index contributed by atoms with van der Waals surface area (Å²) in [5.41, 5.74) is 2.03. The van der Waals surface area contributed by atoms with Gasteiger partial charge in [-0.05, 0) is 33.3 Å². The normalized spacial score (nSPS) is 12.5. The Morgan fingerprint density at radius 2 is 2.00 bits per heavy atom. The van der Waals surface area contributed by atoms with Gasteiger partial charge in [-0.25, -0.2) is 9.97 Å². The van der Waals surface area contributed by atoms with E-state index in [1.54, 1.807) is 18.1 Å². The van der Waals surface area contributed by atoms with Gasteiger partial charge in [0, 0.05) is 29.7 Å². The number of hydrogen-bond donors (Lipinski definition) is 1. The van der Waals surface area contributed by atoms with Crippen LogP contribution in [0.5, 0.6) is 0 Å². The monoisotopic (exact) mass is 320 g/mol. The molecule has 0 aromatic carbocycles. The highest BCUT2D eigenvalue weighted by molar-refractivity contribution is 7.99. The lowest BCUT2D eigenvalue weighted by atomic mass is 10.4. The Kier molecular flexibility index (Phi) is 6.33. The molecule has 0 aliphatic heterocycles. The van der Waals surface area contributed by atoms with E-state index < -0.39 is 0 Å². The minimum Gasteiger partial charge on any atom is -0.317 e. The maximum Gasteiger partial charge on any atom is 0.188 e. The van der Waals surface area contributed by atoms with E-state index in [9.17, 15) is 0 Å². The molecule has 0 amide bonds. The van der Waals surface area contributed by atoms with E-state index in [0.29, 0.717) is 6.04 Å². The largest absolute Gasteiger partial charge is 0.317 e. The number of hydrogen-bond acceptors (Lipinski definition) is 6. The first-order chi connectivity index (χ1) is 10.6. The third kappa shape index (κ3) is 5.06. The number of nitrogens with one attached hydrogen (secondary N) is 1. The van der Waals surface area contributed by atoms with E-state index in [4.69, 9.17) is 0 Å². The molecule has 0 saturated heterocycles. The Bertz CT molecular complexity index is 577. The number of thioether (sulfide) groups is 1. The van der Waals surface area contributed by atoms with Crippen LogP contribution in [0, 0.1) is 13.8 Å². The molecular formula is C15H24N6S. The number of nitrogens with zero attached hydrogens (tertiary/aromatic N) is 5. The molecule has 0 radical (unpaired) electrons. The molecule has 1 unspecified atom stereocenters. The first-order valence-corrected chi connectivity index (χ1v) is 8.62. The summed E-state index contributed by atoms with van der Waals surface area (Å²) in [4.78, 5) is 8.90. The van der Waals surface area contributed by atoms with Crippen molar-refractivity contribution in [2.45, 2.75) is 58.4 Å². The van der Waals surface area contributed by atoms with Crippen molar-refractivity contribution in [2.24, 2.45) is 0 Å². The SMILES string of the molecule is CCCn1cnnc1CNC(C)CSc1nc(C)cc(C)n1. The van der Waals surface area contributed by atoms with Crippen LogP contribution in [0.2, 0.25) is 0 Å². The summed E-state index contributed by atoms with van der Waals surface area (Å²) < 4.78 is 2.10. The van der Waals surface area contributed by atoms with Gasteiger partial charge in [0.2, 0.25) is 0 Å². The molecule has 0 bridgehead atoms. The predicted molar refractivity (Wildman–Crippen MR) is 88.8 cm³/mol. The molecule has 22 heavy (non-hydrogen) atoms. The Morgan fingerprint density at radius 1 is 1.27 bits per heavy atom. The number of aryl methyl sites for hydroxylation is 3. The molecule has 6 nitrogen and oxygen atoms in total. The summed E-state index contributed by atoms with van der Waals surface area (Å²) in [5.74, 6) is 1.91. The van der Waals surface area contributed by atoms with Gasteiger partial charge in [0.15, 0.2) is 5.16 Å². The second-order valence-corrected chi connectivity index (χ2v) is 6.45. The number of rotatable bonds is 8. The van der Waals surface area contributed by atoms with Gasteiger partial charge < -0.3 is 9.88 Å². The lowest BCUT2D eigenvalue weighted by Crippen LogP contribution is -2.29. The van der Waals surface area contributed by atoms with Gasteiger partial charge in [-0.1, -0.05) is 18.7 Å². The van der Waals surface area contributed by atoms with Crippen molar-refractivity contribution in [3.05, 3.63) is 29.6 Å². The van der Waals surface area contributed by atoms with Crippen LogP contribution in [0.3, 0.4) is 0 Å². The zero-order valence-electron chi connectivity index (χ0n) is 13.7. The third-order valence-corrected chi connectivity index (χ3v) is 4.30. The van der Waals surface area contributed by atoms with E-state index >= 15 is 0 Å². The third-order valence-electron chi connectivity index (χ3n) is 3.19. The van der Waals surface area contributed by atoms with Crippen molar-refractivity contribution >= 4 is 11.8 Å². The van der Waals surface area contributed by atoms with Crippen LogP contribution in [0.15, 0.2) is 17.6 Å². The molecule has 2 rings (SSSR count). The fraction of sp³-hybridized carbons (Fsp3) is 0.600. The zero-order valence-corrected chi connectivity index (χ0v) is 14.5. The van der Waals surface area contributed by atoms with E-state index in [0.717, 1.165) is 47.6 Å². The highest BCUT2D eigenvalue weighted by Crippen LogP contribution is 2.15. The van der Waals surface area contributed by atoms with Crippen molar-refractivity contribution in [1.82, 2.24) is 30.0 Å². The average molecular weight is 320 g/mol. The minimum atomic E-state index is 0.348. The van der Waals surface area contributed by atoms with Crippen molar-refractivity contribution in [1.29, 1.82) is 0 Å². The lowest BCUT2D eigenvalue weighted by Gasteiger charge is -2.13. The lowest BCUT2D eigenvalue weighted by molar-refractivity contribution is 0.545. The maximum atomic E-state index is 4.45. The molecule has 7 heteroatoms.